The maximum Gasteiger partial charge on any atom is 0.573 e. The van der Waals surface area contributed by atoms with Crippen molar-refractivity contribution >= 4 is 22.2 Å². The largest absolute Gasteiger partial charge is 0.573 e. The number of hydrogen-bond acceptors (Lipinski definition) is 7. The molecule has 0 unspecified atom stereocenters. The van der Waals surface area contributed by atoms with E-state index in [2.05, 4.69) is 30.4 Å². The molecule has 0 spiro atoms. The van der Waals surface area contributed by atoms with Gasteiger partial charge in [0.1, 0.15) is 23.2 Å². The highest BCUT2D eigenvalue weighted by Gasteiger charge is 2.30. The lowest BCUT2D eigenvalue weighted by Crippen LogP contribution is -2.16. The van der Waals surface area contributed by atoms with Crippen LogP contribution in [0.2, 0.25) is 0 Å². The van der Waals surface area contributed by atoms with E-state index < -0.39 is 6.36 Å². The number of nitrogens with one attached hydrogen (secondary N) is 2. The van der Waals surface area contributed by atoms with Gasteiger partial charge in [0.05, 0.1) is 0 Å². The zero-order valence-corrected chi connectivity index (χ0v) is 12.4. The lowest BCUT2D eigenvalue weighted by atomic mass is 10.3. The van der Waals surface area contributed by atoms with Crippen LogP contribution in [0.3, 0.4) is 0 Å². The van der Waals surface area contributed by atoms with Crippen molar-refractivity contribution in [3.63, 3.8) is 0 Å². The van der Waals surface area contributed by atoms with Crippen molar-refractivity contribution in [3.05, 3.63) is 35.3 Å². The molecule has 0 aliphatic rings. The van der Waals surface area contributed by atoms with E-state index in [-0.39, 0.29) is 11.4 Å². The molecule has 1 aromatic carbocycles. The normalized spacial score (nSPS) is 11.1. The molecule has 11 heteroatoms. The first-order valence-electron chi connectivity index (χ1n) is 6.34. The smallest absolute Gasteiger partial charge is 0.406 e. The summed E-state index contributed by atoms with van der Waals surface area (Å²) in [7, 11) is 0. The molecule has 0 radical (unpaired) electrons. The van der Waals surface area contributed by atoms with Gasteiger partial charge in [-0.05, 0) is 24.3 Å². The van der Waals surface area contributed by atoms with Crippen molar-refractivity contribution in [1.29, 1.82) is 5.26 Å². The minimum absolute atomic E-state index is 0.195. The summed E-state index contributed by atoms with van der Waals surface area (Å²) >= 11 is 1.25. The van der Waals surface area contributed by atoms with Crippen molar-refractivity contribution in [1.82, 2.24) is 20.4 Å². The van der Waals surface area contributed by atoms with Gasteiger partial charge in [0.2, 0.25) is 0 Å². The highest BCUT2D eigenvalue weighted by Crippen LogP contribution is 2.29. The van der Waals surface area contributed by atoms with E-state index in [0.29, 0.717) is 22.2 Å². The minimum atomic E-state index is -4.73. The Hall–Kier alpha value is -3.13. The number of thiazole rings is 1. The van der Waals surface area contributed by atoms with E-state index in [9.17, 15) is 13.2 Å². The van der Waals surface area contributed by atoms with Gasteiger partial charge < -0.3 is 10.1 Å². The number of benzene rings is 1. The van der Waals surface area contributed by atoms with E-state index in [1.54, 1.807) is 5.38 Å². The zero-order chi connectivity index (χ0) is 17.2. The van der Waals surface area contributed by atoms with Gasteiger partial charge in [-0.2, -0.15) is 5.26 Å². The molecular formula is C13H7F3N6OS. The summed E-state index contributed by atoms with van der Waals surface area (Å²) in [5.74, 6) is -0.311. The second-order valence-corrected chi connectivity index (χ2v) is 5.24. The fourth-order valence-corrected chi connectivity index (χ4v) is 2.50. The molecule has 24 heavy (non-hydrogen) atoms. The molecule has 2 heterocycles. The summed E-state index contributed by atoms with van der Waals surface area (Å²) in [5.41, 5.74) is 1.52. The van der Waals surface area contributed by atoms with Crippen LogP contribution in [0.25, 0.3) is 11.4 Å². The van der Waals surface area contributed by atoms with Gasteiger partial charge in [0.15, 0.2) is 10.8 Å². The molecule has 0 saturated carbocycles. The Balaban J connectivity index is 1.72. The number of rotatable bonds is 4. The van der Waals surface area contributed by atoms with Crippen molar-refractivity contribution in [2.24, 2.45) is 0 Å². The Labute approximate surface area is 136 Å². The molecule has 0 aliphatic heterocycles. The van der Waals surface area contributed by atoms with Gasteiger partial charge >= 0.3 is 6.36 Å². The predicted octanol–water partition coefficient (Wildman–Crippen LogP) is 3.44. The van der Waals surface area contributed by atoms with E-state index in [1.165, 1.54) is 35.6 Å². The predicted molar refractivity (Wildman–Crippen MR) is 78.6 cm³/mol. The fraction of sp³-hybridized carbons (Fsp3) is 0.0769. The SMILES string of the molecule is N#Cc1[nH]nnc1-c1csc(Nc2ccc(OC(F)(F)F)cc2)n1. The number of alkyl halides is 3. The summed E-state index contributed by atoms with van der Waals surface area (Å²) in [6.07, 6.45) is -4.73. The molecule has 0 fully saturated rings. The number of halogens is 3. The van der Waals surface area contributed by atoms with Crippen LogP contribution in [0.15, 0.2) is 29.6 Å². The second kappa shape index (κ2) is 6.17. The average molecular weight is 352 g/mol. The van der Waals surface area contributed by atoms with Crippen LogP contribution in [0.1, 0.15) is 5.69 Å². The molecule has 2 N–H and O–H groups in total. The second-order valence-electron chi connectivity index (χ2n) is 4.38. The Bertz CT molecular complexity index is 880. The van der Waals surface area contributed by atoms with Crippen molar-refractivity contribution in [2.75, 3.05) is 5.32 Å². The highest BCUT2D eigenvalue weighted by molar-refractivity contribution is 7.14. The summed E-state index contributed by atoms with van der Waals surface area (Å²) in [4.78, 5) is 4.26. The Morgan fingerprint density at radius 3 is 2.67 bits per heavy atom. The van der Waals surface area contributed by atoms with Gasteiger partial charge in [-0.3, -0.25) is 0 Å². The zero-order valence-electron chi connectivity index (χ0n) is 11.6. The minimum Gasteiger partial charge on any atom is -0.406 e. The molecule has 122 valence electrons. The van der Waals surface area contributed by atoms with Gasteiger partial charge in [0.25, 0.3) is 0 Å². The number of H-pyrrole nitrogens is 1. The molecule has 3 aromatic rings. The van der Waals surface area contributed by atoms with Crippen LogP contribution in [0.4, 0.5) is 24.0 Å². The molecule has 0 aliphatic carbocycles. The van der Waals surface area contributed by atoms with Crippen LogP contribution in [-0.2, 0) is 0 Å². The third-order valence-corrected chi connectivity index (χ3v) is 3.50. The number of aromatic nitrogens is 4. The summed E-state index contributed by atoms with van der Waals surface area (Å²) in [5, 5.41) is 23.8. The van der Waals surface area contributed by atoms with E-state index in [1.807, 2.05) is 6.07 Å². The third-order valence-electron chi connectivity index (χ3n) is 2.75. The molecule has 7 nitrogen and oxygen atoms in total. The first-order chi connectivity index (χ1) is 11.4. The van der Waals surface area contributed by atoms with Crippen LogP contribution in [-0.4, -0.2) is 26.8 Å². The maximum absolute atomic E-state index is 12.1. The molecular weight excluding hydrogens is 345 g/mol. The van der Waals surface area contributed by atoms with Crippen LogP contribution < -0.4 is 10.1 Å². The van der Waals surface area contributed by atoms with Crippen LogP contribution in [0.5, 0.6) is 5.75 Å². The number of anilines is 2. The molecule has 0 saturated heterocycles. The van der Waals surface area contributed by atoms with Crippen LogP contribution in [0, 0.1) is 11.3 Å². The van der Waals surface area contributed by atoms with Crippen LogP contribution >= 0.6 is 11.3 Å². The van der Waals surface area contributed by atoms with E-state index in [4.69, 9.17) is 5.26 Å². The van der Waals surface area contributed by atoms with Crippen molar-refractivity contribution in [2.45, 2.75) is 6.36 Å². The highest BCUT2D eigenvalue weighted by atomic mass is 32.1. The first kappa shape index (κ1) is 15.8. The fourth-order valence-electron chi connectivity index (χ4n) is 1.79. The van der Waals surface area contributed by atoms with Gasteiger partial charge in [-0.15, -0.1) is 29.6 Å². The first-order valence-corrected chi connectivity index (χ1v) is 7.22. The molecule has 0 amide bonds. The molecule has 0 atom stereocenters. The third kappa shape index (κ3) is 3.61. The number of ether oxygens (including phenoxy) is 1. The quantitative estimate of drug-likeness (QED) is 0.746. The molecule has 3 rings (SSSR count). The number of nitriles is 1. The number of nitrogens with zero attached hydrogens (tertiary/aromatic N) is 4. The summed E-state index contributed by atoms with van der Waals surface area (Å²) < 4.78 is 40.1. The van der Waals surface area contributed by atoms with E-state index in [0.717, 1.165) is 0 Å². The van der Waals surface area contributed by atoms with Gasteiger partial charge in [-0.1, -0.05) is 5.21 Å². The lowest BCUT2D eigenvalue weighted by Gasteiger charge is -2.09. The number of hydrogen-bond donors (Lipinski definition) is 2. The Morgan fingerprint density at radius 2 is 2.00 bits per heavy atom. The van der Waals surface area contributed by atoms with Gasteiger partial charge in [0, 0.05) is 11.1 Å². The summed E-state index contributed by atoms with van der Waals surface area (Å²) in [6, 6.07) is 7.16. The monoisotopic (exact) mass is 352 g/mol. The Morgan fingerprint density at radius 1 is 1.25 bits per heavy atom. The van der Waals surface area contributed by atoms with E-state index >= 15 is 0 Å². The van der Waals surface area contributed by atoms with Crippen molar-refractivity contribution in [3.8, 4) is 23.2 Å². The lowest BCUT2D eigenvalue weighted by molar-refractivity contribution is -0.274. The van der Waals surface area contributed by atoms with Gasteiger partial charge in [-0.25, -0.2) is 10.1 Å². The topological polar surface area (TPSA) is 99.5 Å². The Kier molecular flexibility index (Phi) is 4.05. The van der Waals surface area contributed by atoms with Crippen molar-refractivity contribution < 1.29 is 17.9 Å². The number of aromatic amines is 1. The molecule has 0 bridgehead atoms. The maximum atomic E-state index is 12.1. The molecule has 2 aromatic heterocycles. The summed E-state index contributed by atoms with van der Waals surface area (Å²) in [6.45, 7) is 0. The average Bonchev–Trinajstić information content (AvgIpc) is 3.16. The standard InChI is InChI=1S/C13H7F3N6OS/c14-13(15,16)23-8-3-1-7(2-4-8)18-12-19-10(6-24-12)11-9(5-17)20-22-21-11/h1-4,6H,(H,18,19)(H,20,21,22).